The molecule has 1 aromatic heterocycles. The van der Waals surface area contributed by atoms with Crippen LogP contribution < -0.4 is 5.32 Å². The number of benzene rings is 1. The predicted octanol–water partition coefficient (Wildman–Crippen LogP) is 3.80. The number of nitrogens with one attached hydrogen (secondary N) is 1. The van der Waals surface area contributed by atoms with E-state index in [2.05, 4.69) is 60.5 Å². The topological polar surface area (TPSA) is 24.9 Å². The van der Waals surface area contributed by atoms with Gasteiger partial charge in [-0.25, -0.2) is 0 Å². The van der Waals surface area contributed by atoms with Crippen molar-refractivity contribution < 1.29 is 0 Å². The molecule has 0 spiro atoms. The van der Waals surface area contributed by atoms with Gasteiger partial charge in [-0.15, -0.1) is 0 Å². The van der Waals surface area contributed by atoms with Gasteiger partial charge in [-0.05, 0) is 36.0 Å². The molecule has 106 valence electrons. The third-order valence-corrected chi connectivity index (χ3v) is 3.55. The van der Waals surface area contributed by atoms with E-state index in [1.54, 1.807) is 0 Å². The van der Waals surface area contributed by atoms with Crippen LogP contribution in [-0.4, -0.2) is 17.6 Å². The van der Waals surface area contributed by atoms with E-state index in [9.17, 15) is 0 Å². The highest BCUT2D eigenvalue weighted by Gasteiger charge is 2.11. The first-order chi connectivity index (χ1) is 9.75. The Balaban J connectivity index is 1.99. The van der Waals surface area contributed by atoms with Crippen molar-refractivity contribution in [3.05, 3.63) is 66.0 Å². The summed E-state index contributed by atoms with van der Waals surface area (Å²) < 4.78 is 0. The predicted molar refractivity (Wildman–Crippen MR) is 84.9 cm³/mol. The molecular weight excluding hydrogens is 244 g/mol. The lowest BCUT2D eigenvalue weighted by molar-refractivity contribution is 0.508. The number of rotatable bonds is 7. The van der Waals surface area contributed by atoms with Gasteiger partial charge in [-0.3, -0.25) is 4.98 Å². The molecule has 2 aromatic rings. The monoisotopic (exact) mass is 268 g/mol. The van der Waals surface area contributed by atoms with E-state index in [-0.39, 0.29) is 0 Å². The van der Waals surface area contributed by atoms with Crippen molar-refractivity contribution in [3.8, 4) is 0 Å². The summed E-state index contributed by atoms with van der Waals surface area (Å²) >= 11 is 0. The zero-order valence-electron chi connectivity index (χ0n) is 12.4. The van der Waals surface area contributed by atoms with Crippen LogP contribution in [0.25, 0.3) is 0 Å². The summed E-state index contributed by atoms with van der Waals surface area (Å²) in [6.45, 7) is 5.42. The normalized spacial score (nSPS) is 12.6. The first-order valence-electron chi connectivity index (χ1n) is 7.43. The minimum atomic E-state index is 0.527. The minimum Gasteiger partial charge on any atom is -0.314 e. The Labute approximate surface area is 122 Å². The molecule has 1 unspecified atom stereocenters. The van der Waals surface area contributed by atoms with E-state index in [4.69, 9.17) is 0 Å². The Morgan fingerprint density at radius 2 is 1.85 bits per heavy atom. The van der Waals surface area contributed by atoms with E-state index >= 15 is 0 Å². The van der Waals surface area contributed by atoms with Gasteiger partial charge < -0.3 is 5.32 Å². The Morgan fingerprint density at radius 1 is 1.05 bits per heavy atom. The maximum Gasteiger partial charge on any atom is 0.0299 e. The van der Waals surface area contributed by atoms with Gasteiger partial charge >= 0.3 is 0 Å². The van der Waals surface area contributed by atoms with Crippen LogP contribution in [0.15, 0.2) is 54.9 Å². The van der Waals surface area contributed by atoms with Crippen LogP contribution in [0.2, 0.25) is 0 Å². The van der Waals surface area contributed by atoms with Gasteiger partial charge in [0, 0.05) is 25.0 Å². The zero-order chi connectivity index (χ0) is 14.2. The van der Waals surface area contributed by atoms with Crippen molar-refractivity contribution in [2.75, 3.05) is 6.54 Å². The first kappa shape index (κ1) is 14.7. The van der Waals surface area contributed by atoms with Crippen LogP contribution in [0.4, 0.5) is 0 Å². The molecule has 0 saturated heterocycles. The molecule has 2 heteroatoms. The third kappa shape index (κ3) is 4.78. The largest absolute Gasteiger partial charge is 0.314 e. The summed E-state index contributed by atoms with van der Waals surface area (Å²) in [5, 5.41) is 3.56. The molecule has 0 fully saturated rings. The van der Waals surface area contributed by atoms with Crippen LogP contribution in [0.5, 0.6) is 0 Å². The Bertz CT molecular complexity index is 479. The lowest BCUT2D eigenvalue weighted by Crippen LogP contribution is -2.28. The molecule has 1 atom stereocenters. The lowest BCUT2D eigenvalue weighted by Gasteiger charge is -2.20. The number of hydrogen-bond acceptors (Lipinski definition) is 2. The average molecular weight is 268 g/mol. The Morgan fingerprint density at radius 3 is 2.50 bits per heavy atom. The second-order valence-corrected chi connectivity index (χ2v) is 5.57. The van der Waals surface area contributed by atoms with Gasteiger partial charge in [-0.2, -0.15) is 0 Å². The van der Waals surface area contributed by atoms with Gasteiger partial charge in [0.25, 0.3) is 0 Å². The van der Waals surface area contributed by atoms with Crippen molar-refractivity contribution >= 4 is 0 Å². The summed E-state index contributed by atoms with van der Waals surface area (Å²) in [7, 11) is 0. The Hall–Kier alpha value is -1.67. The summed E-state index contributed by atoms with van der Waals surface area (Å²) in [5.41, 5.74) is 2.74. The average Bonchev–Trinajstić information content (AvgIpc) is 2.49. The number of pyridine rings is 1. The van der Waals surface area contributed by atoms with Gasteiger partial charge in [0.15, 0.2) is 0 Å². The highest BCUT2D eigenvalue weighted by Crippen LogP contribution is 2.21. The summed E-state index contributed by atoms with van der Waals surface area (Å²) in [6, 6.07) is 15.5. The summed E-state index contributed by atoms with van der Waals surface area (Å²) in [5.74, 6) is 0.554. The molecule has 2 rings (SSSR count). The van der Waals surface area contributed by atoms with Crippen LogP contribution in [0.3, 0.4) is 0 Å². The number of hydrogen-bond donors (Lipinski definition) is 1. The standard InChI is InChI=1S/C18H24N2/c1-15(2)20-14-18(17-8-4-3-5-9-17)11-10-16-7-6-12-19-13-16/h3-9,12-13,15,18,20H,10-11,14H2,1-2H3. The molecule has 0 radical (unpaired) electrons. The molecule has 0 aliphatic rings. The highest BCUT2D eigenvalue weighted by atomic mass is 14.9. The molecule has 0 aliphatic carbocycles. The molecule has 1 heterocycles. The molecule has 20 heavy (non-hydrogen) atoms. The van der Waals surface area contributed by atoms with Gasteiger partial charge in [0.1, 0.15) is 0 Å². The van der Waals surface area contributed by atoms with Crippen LogP contribution in [0, 0.1) is 0 Å². The molecule has 0 aliphatic heterocycles. The van der Waals surface area contributed by atoms with Crippen LogP contribution in [-0.2, 0) is 6.42 Å². The maximum atomic E-state index is 4.19. The second-order valence-electron chi connectivity index (χ2n) is 5.57. The molecule has 0 amide bonds. The minimum absolute atomic E-state index is 0.527. The quantitative estimate of drug-likeness (QED) is 0.826. The van der Waals surface area contributed by atoms with E-state index in [0.29, 0.717) is 12.0 Å². The van der Waals surface area contributed by atoms with Crippen molar-refractivity contribution in [1.82, 2.24) is 10.3 Å². The summed E-state index contributed by atoms with van der Waals surface area (Å²) in [4.78, 5) is 4.19. The van der Waals surface area contributed by atoms with E-state index in [1.807, 2.05) is 18.5 Å². The fraction of sp³-hybridized carbons (Fsp3) is 0.389. The fourth-order valence-electron chi connectivity index (χ4n) is 2.38. The van der Waals surface area contributed by atoms with Gasteiger partial charge in [0.05, 0.1) is 0 Å². The third-order valence-electron chi connectivity index (χ3n) is 3.55. The fourth-order valence-corrected chi connectivity index (χ4v) is 2.38. The van der Waals surface area contributed by atoms with Crippen LogP contribution >= 0.6 is 0 Å². The Kier molecular flexibility index (Phi) is 5.75. The van der Waals surface area contributed by atoms with E-state index in [0.717, 1.165) is 19.4 Å². The molecule has 2 nitrogen and oxygen atoms in total. The number of aryl methyl sites for hydroxylation is 1. The van der Waals surface area contributed by atoms with Crippen LogP contribution in [0.1, 0.15) is 37.3 Å². The number of aromatic nitrogens is 1. The lowest BCUT2D eigenvalue weighted by atomic mass is 9.92. The van der Waals surface area contributed by atoms with Gasteiger partial charge in [-0.1, -0.05) is 50.2 Å². The number of nitrogens with zero attached hydrogens (tertiary/aromatic N) is 1. The summed E-state index contributed by atoms with van der Waals surface area (Å²) in [6.07, 6.45) is 6.03. The molecular formula is C18H24N2. The van der Waals surface area contributed by atoms with Crippen molar-refractivity contribution in [2.24, 2.45) is 0 Å². The zero-order valence-corrected chi connectivity index (χ0v) is 12.4. The van der Waals surface area contributed by atoms with Crippen molar-refractivity contribution in [3.63, 3.8) is 0 Å². The second kappa shape index (κ2) is 7.81. The molecule has 1 N–H and O–H groups in total. The SMILES string of the molecule is CC(C)NCC(CCc1cccnc1)c1ccccc1. The smallest absolute Gasteiger partial charge is 0.0299 e. The highest BCUT2D eigenvalue weighted by molar-refractivity contribution is 5.20. The van der Waals surface area contributed by atoms with Gasteiger partial charge in [0.2, 0.25) is 0 Å². The van der Waals surface area contributed by atoms with E-state index in [1.165, 1.54) is 11.1 Å². The van der Waals surface area contributed by atoms with Crippen molar-refractivity contribution in [2.45, 2.75) is 38.6 Å². The molecule has 0 saturated carbocycles. The molecule has 0 bridgehead atoms. The molecule has 1 aromatic carbocycles. The van der Waals surface area contributed by atoms with Crippen molar-refractivity contribution in [1.29, 1.82) is 0 Å². The van der Waals surface area contributed by atoms with E-state index < -0.39 is 0 Å². The maximum absolute atomic E-state index is 4.19. The first-order valence-corrected chi connectivity index (χ1v) is 7.43.